The highest BCUT2D eigenvalue weighted by atomic mass is 19.4. The van der Waals surface area contributed by atoms with Crippen molar-refractivity contribution in [2.75, 3.05) is 18.0 Å². The van der Waals surface area contributed by atoms with E-state index in [0.717, 1.165) is 12.3 Å². The van der Waals surface area contributed by atoms with Crippen LogP contribution in [0, 0.1) is 0 Å². The number of nitrogens with two attached hydrogens (primary N) is 1. The van der Waals surface area contributed by atoms with E-state index in [1.807, 2.05) is 11.8 Å². The van der Waals surface area contributed by atoms with Crippen LogP contribution in [0.3, 0.4) is 0 Å². The summed E-state index contributed by atoms with van der Waals surface area (Å²) in [7, 11) is 0. The third-order valence-electron chi connectivity index (χ3n) is 4.60. The Balaban J connectivity index is 1.71. The molecule has 29 heavy (non-hydrogen) atoms. The van der Waals surface area contributed by atoms with Gasteiger partial charge in [-0.3, -0.25) is 9.20 Å². The van der Waals surface area contributed by atoms with Crippen molar-refractivity contribution >= 4 is 17.4 Å². The number of alkyl halides is 3. The number of hydrogen-bond donors (Lipinski definition) is 1. The zero-order chi connectivity index (χ0) is 20.8. The van der Waals surface area contributed by atoms with Crippen LogP contribution in [0.4, 0.5) is 19.0 Å². The van der Waals surface area contributed by atoms with Crippen molar-refractivity contribution in [1.29, 1.82) is 0 Å². The van der Waals surface area contributed by atoms with E-state index in [2.05, 4.69) is 15.0 Å². The molecule has 152 valence electrons. The standard InChI is InChI=1S/C18H17F3N6O2/c1-10-7-26(9-13(29-10)16(22)28)15-4-5-23-17(25-15)12-6-24-14-3-2-11(8-27(12)14)18(19,20)21/h2-6,8,10,13H,7,9H2,1H3,(H2,22,28)/t10-,13+/m0/s1. The van der Waals surface area contributed by atoms with E-state index in [0.29, 0.717) is 23.7 Å². The number of aromatic nitrogens is 4. The number of rotatable bonds is 3. The van der Waals surface area contributed by atoms with Gasteiger partial charge in [0.1, 0.15) is 17.2 Å². The van der Waals surface area contributed by atoms with Crippen LogP contribution >= 0.6 is 0 Å². The topological polar surface area (TPSA) is 98.6 Å². The van der Waals surface area contributed by atoms with Crippen molar-refractivity contribution in [1.82, 2.24) is 19.4 Å². The molecule has 3 aromatic heterocycles. The summed E-state index contributed by atoms with van der Waals surface area (Å²) in [6, 6.07) is 3.92. The quantitative estimate of drug-likeness (QED) is 0.713. The minimum absolute atomic E-state index is 0.212. The summed E-state index contributed by atoms with van der Waals surface area (Å²) in [6.45, 7) is 2.51. The molecule has 1 amide bonds. The Hall–Kier alpha value is -3.21. The predicted molar refractivity (Wildman–Crippen MR) is 97.0 cm³/mol. The highest BCUT2D eigenvalue weighted by molar-refractivity contribution is 5.79. The Morgan fingerprint density at radius 3 is 2.76 bits per heavy atom. The maximum Gasteiger partial charge on any atom is 0.417 e. The number of fused-ring (bicyclic) bond motifs is 1. The molecule has 0 bridgehead atoms. The lowest BCUT2D eigenvalue weighted by Crippen LogP contribution is -2.52. The van der Waals surface area contributed by atoms with E-state index in [1.54, 1.807) is 6.07 Å². The molecule has 0 unspecified atom stereocenters. The van der Waals surface area contributed by atoms with Crippen LogP contribution in [-0.4, -0.2) is 50.6 Å². The van der Waals surface area contributed by atoms with Gasteiger partial charge in [0.05, 0.1) is 24.4 Å². The molecule has 1 aliphatic heterocycles. The third-order valence-corrected chi connectivity index (χ3v) is 4.60. The van der Waals surface area contributed by atoms with E-state index in [-0.39, 0.29) is 18.5 Å². The average molecular weight is 406 g/mol. The van der Waals surface area contributed by atoms with Gasteiger partial charge in [-0.25, -0.2) is 15.0 Å². The van der Waals surface area contributed by atoms with Crippen molar-refractivity contribution in [3.05, 3.63) is 42.4 Å². The Morgan fingerprint density at radius 1 is 1.24 bits per heavy atom. The second kappa shape index (κ2) is 6.99. The first-order chi connectivity index (χ1) is 13.7. The van der Waals surface area contributed by atoms with Crippen LogP contribution < -0.4 is 10.6 Å². The molecule has 11 heteroatoms. The number of imidazole rings is 1. The molecule has 0 radical (unpaired) electrons. The van der Waals surface area contributed by atoms with Crippen molar-refractivity contribution in [3.8, 4) is 11.5 Å². The Bertz CT molecular complexity index is 1070. The monoisotopic (exact) mass is 406 g/mol. The number of ether oxygens (including phenoxy) is 1. The van der Waals surface area contributed by atoms with Gasteiger partial charge in [-0.05, 0) is 25.1 Å². The van der Waals surface area contributed by atoms with Crippen molar-refractivity contribution in [2.24, 2.45) is 5.73 Å². The average Bonchev–Trinajstić information content (AvgIpc) is 3.10. The van der Waals surface area contributed by atoms with Gasteiger partial charge in [-0.15, -0.1) is 0 Å². The fraction of sp³-hybridized carbons (Fsp3) is 0.333. The lowest BCUT2D eigenvalue weighted by atomic mass is 10.2. The molecule has 0 aliphatic carbocycles. The highest BCUT2D eigenvalue weighted by Gasteiger charge is 2.32. The largest absolute Gasteiger partial charge is 0.417 e. The third kappa shape index (κ3) is 3.73. The van der Waals surface area contributed by atoms with E-state index < -0.39 is 23.8 Å². The number of amides is 1. The number of carbonyl (C=O) groups is 1. The SMILES string of the molecule is C[C@H]1CN(c2ccnc(-c3cnc4ccc(C(F)(F)F)cn34)n2)C[C@H](C(N)=O)O1. The number of morpholine rings is 1. The van der Waals surface area contributed by atoms with E-state index in [1.165, 1.54) is 22.9 Å². The molecule has 0 aromatic carbocycles. The van der Waals surface area contributed by atoms with Gasteiger partial charge in [-0.2, -0.15) is 13.2 Å². The smallest absolute Gasteiger partial charge is 0.367 e. The van der Waals surface area contributed by atoms with Crippen LogP contribution in [0.15, 0.2) is 36.8 Å². The molecule has 1 fully saturated rings. The summed E-state index contributed by atoms with van der Waals surface area (Å²) in [5, 5.41) is 0. The molecule has 4 heterocycles. The second-order valence-electron chi connectivity index (χ2n) is 6.77. The van der Waals surface area contributed by atoms with Gasteiger partial charge in [0.15, 0.2) is 11.9 Å². The minimum atomic E-state index is -4.48. The number of hydrogen-bond acceptors (Lipinski definition) is 6. The molecule has 1 saturated heterocycles. The molecule has 2 N–H and O–H groups in total. The minimum Gasteiger partial charge on any atom is -0.367 e. The van der Waals surface area contributed by atoms with Crippen LogP contribution in [0.25, 0.3) is 17.2 Å². The van der Waals surface area contributed by atoms with E-state index in [4.69, 9.17) is 10.5 Å². The molecular formula is C18H17F3N6O2. The molecule has 3 aromatic rings. The maximum atomic E-state index is 13.1. The molecule has 2 atom stereocenters. The van der Waals surface area contributed by atoms with Gasteiger partial charge in [0.25, 0.3) is 0 Å². The number of carbonyl (C=O) groups excluding carboxylic acids is 1. The summed E-state index contributed by atoms with van der Waals surface area (Å²) in [4.78, 5) is 26.1. The molecule has 0 saturated carbocycles. The van der Waals surface area contributed by atoms with Crippen molar-refractivity contribution in [3.63, 3.8) is 0 Å². The van der Waals surface area contributed by atoms with Gasteiger partial charge >= 0.3 is 6.18 Å². The predicted octanol–water partition coefficient (Wildman–Crippen LogP) is 1.89. The summed E-state index contributed by atoms with van der Waals surface area (Å²) in [5.74, 6) is 0.153. The van der Waals surface area contributed by atoms with Crippen LogP contribution in [0.2, 0.25) is 0 Å². The number of anilines is 1. The zero-order valence-corrected chi connectivity index (χ0v) is 15.3. The van der Waals surface area contributed by atoms with Crippen LogP contribution in [0.1, 0.15) is 12.5 Å². The Labute approximate surface area is 163 Å². The molecule has 1 aliphatic rings. The molecule has 4 rings (SSSR count). The lowest BCUT2D eigenvalue weighted by molar-refractivity contribution is -0.138. The van der Waals surface area contributed by atoms with E-state index >= 15 is 0 Å². The zero-order valence-electron chi connectivity index (χ0n) is 15.3. The summed E-state index contributed by atoms with van der Waals surface area (Å²) >= 11 is 0. The fourth-order valence-electron chi connectivity index (χ4n) is 3.26. The first-order valence-corrected chi connectivity index (χ1v) is 8.80. The first kappa shape index (κ1) is 19.1. The van der Waals surface area contributed by atoms with E-state index in [9.17, 15) is 18.0 Å². The highest BCUT2D eigenvalue weighted by Crippen LogP contribution is 2.30. The van der Waals surface area contributed by atoms with Gasteiger partial charge in [0.2, 0.25) is 5.91 Å². The molecular weight excluding hydrogens is 389 g/mol. The first-order valence-electron chi connectivity index (χ1n) is 8.80. The van der Waals surface area contributed by atoms with Gasteiger partial charge < -0.3 is 15.4 Å². The summed E-state index contributed by atoms with van der Waals surface area (Å²) < 4.78 is 46.1. The molecule has 0 spiro atoms. The summed E-state index contributed by atoms with van der Waals surface area (Å²) in [6.07, 6.45) is -1.61. The number of nitrogens with zero attached hydrogens (tertiary/aromatic N) is 5. The number of pyridine rings is 1. The Morgan fingerprint density at radius 2 is 2.03 bits per heavy atom. The van der Waals surface area contributed by atoms with Gasteiger partial charge in [0, 0.05) is 18.9 Å². The summed E-state index contributed by atoms with van der Waals surface area (Å²) in [5.41, 5.74) is 5.23. The van der Waals surface area contributed by atoms with Crippen molar-refractivity contribution < 1.29 is 22.7 Å². The van der Waals surface area contributed by atoms with Gasteiger partial charge in [-0.1, -0.05) is 0 Å². The normalized spacial score (nSPS) is 20.2. The fourth-order valence-corrected chi connectivity index (χ4v) is 3.26. The van der Waals surface area contributed by atoms with Crippen LogP contribution in [0.5, 0.6) is 0 Å². The lowest BCUT2D eigenvalue weighted by Gasteiger charge is -2.36. The molecule has 8 nitrogen and oxygen atoms in total. The Kier molecular flexibility index (Phi) is 4.61. The number of primary amides is 1. The number of halogens is 3. The maximum absolute atomic E-state index is 13.1. The van der Waals surface area contributed by atoms with Crippen LogP contribution in [-0.2, 0) is 15.7 Å². The second-order valence-corrected chi connectivity index (χ2v) is 6.77. The van der Waals surface area contributed by atoms with Crippen molar-refractivity contribution in [2.45, 2.75) is 25.3 Å².